The zero-order valence-corrected chi connectivity index (χ0v) is 35.0. The molecule has 3 heteroatoms. The SMILES string of the molecule is CC(C)(C)c1ccc(Nc2ccc(C(C)(C)C)cc2-c2cc(-c3ccccc3)cc3c2[B]c2cc(C(C)(C)C)cc4c5cc(C(C)(C)C)ccc5n-3c24)cc1. The van der Waals surface area contributed by atoms with Crippen molar-refractivity contribution in [1.82, 2.24) is 4.57 Å². The van der Waals surface area contributed by atoms with Gasteiger partial charge in [-0.25, -0.2) is 0 Å². The number of hydrogen-bond donors (Lipinski definition) is 1. The second-order valence-corrected chi connectivity index (χ2v) is 20.0. The summed E-state index contributed by atoms with van der Waals surface area (Å²) in [6.07, 6.45) is 0. The van der Waals surface area contributed by atoms with Crippen molar-refractivity contribution in [1.29, 1.82) is 0 Å². The second kappa shape index (κ2) is 12.8. The van der Waals surface area contributed by atoms with E-state index >= 15 is 0 Å². The summed E-state index contributed by atoms with van der Waals surface area (Å²) in [6, 6.07) is 43.8. The Hall–Kier alpha value is -5.02. The summed E-state index contributed by atoms with van der Waals surface area (Å²) in [5, 5.41) is 6.53. The number of aromatic nitrogens is 1. The number of benzene rings is 6. The predicted molar refractivity (Wildman–Crippen MR) is 241 cm³/mol. The zero-order valence-electron chi connectivity index (χ0n) is 35.0. The second-order valence-electron chi connectivity index (χ2n) is 20.0. The number of anilines is 2. The van der Waals surface area contributed by atoms with Gasteiger partial charge >= 0.3 is 0 Å². The topological polar surface area (TPSA) is 17.0 Å². The van der Waals surface area contributed by atoms with Crippen molar-refractivity contribution < 1.29 is 0 Å². The highest BCUT2D eigenvalue weighted by Crippen LogP contribution is 2.42. The van der Waals surface area contributed by atoms with E-state index in [1.165, 1.54) is 82.9 Å². The van der Waals surface area contributed by atoms with Gasteiger partial charge in [-0.3, -0.25) is 0 Å². The average Bonchev–Trinajstić information content (AvgIpc) is 3.45. The lowest BCUT2D eigenvalue weighted by Gasteiger charge is -2.28. The van der Waals surface area contributed by atoms with Crippen LogP contribution in [0.25, 0.3) is 49.7 Å². The monoisotopic (exact) mass is 719 g/mol. The molecule has 0 saturated carbocycles. The van der Waals surface area contributed by atoms with Crippen LogP contribution in [0.15, 0.2) is 115 Å². The van der Waals surface area contributed by atoms with Crippen LogP contribution in [0.2, 0.25) is 0 Å². The first kappa shape index (κ1) is 36.9. The molecule has 1 aromatic heterocycles. The Morgan fingerprint density at radius 1 is 0.473 bits per heavy atom. The Morgan fingerprint density at radius 2 is 1.05 bits per heavy atom. The number of nitrogens with zero attached hydrogens (tertiary/aromatic N) is 1. The summed E-state index contributed by atoms with van der Waals surface area (Å²) in [5.41, 5.74) is 18.8. The maximum atomic E-state index is 3.89. The molecule has 55 heavy (non-hydrogen) atoms. The van der Waals surface area contributed by atoms with E-state index in [2.05, 4.69) is 216 Å². The van der Waals surface area contributed by atoms with E-state index in [0.29, 0.717) is 0 Å². The lowest BCUT2D eigenvalue weighted by atomic mass is 9.58. The number of nitrogens with one attached hydrogen (secondary N) is 1. The molecule has 0 saturated heterocycles. The van der Waals surface area contributed by atoms with Gasteiger partial charge in [0.25, 0.3) is 0 Å². The number of rotatable bonds is 4. The fourth-order valence-corrected chi connectivity index (χ4v) is 8.14. The zero-order chi connectivity index (χ0) is 39.2. The highest BCUT2D eigenvalue weighted by Gasteiger charge is 2.30. The first-order valence-electron chi connectivity index (χ1n) is 20.0. The number of fused-ring (bicyclic) bond motifs is 5. The largest absolute Gasteiger partial charge is 0.355 e. The predicted octanol–water partition coefficient (Wildman–Crippen LogP) is 13.0. The minimum atomic E-state index is -0.0236. The maximum absolute atomic E-state index is 3.89. The van der Waals surface area contributed by atoms with Gasteiger partial charge < -0.3 is 9.88 Å². The molecule has 1 N–H and O–H groups in total. The van der Waals surface area contributed by atoms with Gasteiger partial charge in [0.15, 0.2) is 7.28 Å². The third kappa shape index (κ3) is 6.71. The molecule has 2 heterocycles. The quantitative estimate of drug-likeness (QED) is 0.179. The molecule has 1 aliphatic rings. The fourth-order valence-electron chi connectivity index (χ4n) is 8.14. The van der Waals surface area contributed by atoms with Crippen molar-refractivity contribution in [2.75, 3.05) is 5.32 Å². The summed E-state index contributed by atoms with van der Waals surface area (Å²) in [5.74, 6) is 0. The lowest BCUT2D eigenvalue weighted by molar-refractivity contribution is 0.590. The van der Waals surface area contributed by atoms with Crippen molar-refractivity contribution in [2.24, 2.45) is 0 Å². The van der Waals surface area contributed by atoms with E-state index in [4.69, 9.17) is 0 Å². The molecule has 1 aliphatic heterocycles. The molecule has 2 nitrogen and oxygen atoms in total. The summed E-state index contributed by atoms with van der Waals surface area (Å²) in [7, 11) is 2.48. The third-order valence-electron chi connectivity index (χ3n) is 11.6. The Balaban J connectivity index is 1.45. The Kier molecular flexibility index (Phi) is 8.58. The van der Waals surface area contributed by atoms with Crippen molar-refractivity contribution in [3.8, 4) is 27.9 Å². The fraction of sp³-hybridized carbons (Fsp3) is 0.308. The van der Waals surface area contributed by atoms with Crippen LogP contribution in [-0.4, -0.2) is 11.8 Å². The van der Waals surface area contributed by atoms with Gasteiger partial charge in [-0.1, -0.05) is 149 Å². The smallest absolute Gasteiger partial charge is 0.197 e. The van der Waals surface area contributed by atoms with Gasteiger partial charge in [0.2, 0.25) is 0 Å². The summed E-state index contributed by atoms with van der Waals surface area (Å²) in [4.78, 5) is 0. The molecule has 8 rings (SSSR count). The summed E-state index contributed by atoms with van der Waals surface area (Å²) < 4.78 is 2.57. The van der Waals surface area contributed by atoms with E-state index in [-0.39, 0.29) is 21.7 Å². The van der Waals surface area contributed by atoms with E-state index in [9.17, 15) is 0 Å². The van der Waals surface area contributed by atoms with E-state index in [1.54, 1.807) is 0 Å². The summed E-state index contributed by atoms with van der Waals surface area (Å²) in [6.45, 7) is 27.7. The molecular formula is C52H56BN2. The van der Waals surface area contributed by atoms with Crippen molar-refractivity contribution >= 4 is 51.4 Å². The van der Waals surface area contributed by atoms with Crippen molar-refractivity contribution in [3.05, 3.63) is 138 Å². The van der Waals surface area contributed by atoms with Crippen molar-refractivity contribution in [3.63, 3.8) is 0 Å². The molecule has 7 aromatic rings. The molecule has 1 radical (unpaired) electrons. The van der Waals surface area contributed by atoms with Gasteiger partial charge in [0.1, 0.15) is 0 Å². The average molecular weight is 720 g/mol. The van der Waals surface area contributed by atoms with E-state index in [0.717, 1.165) is 11.4 Å². The first-order valence-corrected chi connectivity index (χ1v) is 20.0. The van der Waals surface area contributed by atoms with Crippen LogP contribution in [-0.2, 0) is 21.7 Å². The van der Waals surface area contributed by atoms with Crippen LogP contribution in [0.5, 0.6) is 0 Å². The Bertz CT molecular complexity index is 2590. The minimum absolute atomic E-state index is 0.00443. The van der Waals surface area contributed by atoms with Crippen LogP contribution in [0, 0.1) is 0 Å². The normalized spacial score (nSPS) is 13.2. The lowest BCUT2D eigenvalue weighted by Crippen LogP contribution is -2.38. The molecule has 277 valence electrons. The standard InChI is InChI=1S/C52H56BN2/c1-49(2,3)34-18-22-38(23-19-34)54-44-24-20-35(50(4,5)6)28-39(44)41-26-33(32-16-14-13-15-17-32)27-46-47(41)53-43-31-37(52(10,11)12)30-42-40-29-36(51(7,8)9)21-25-45(40)55(46)48(42)43/h13-31,54H,1-12H3. The highest BCUT2D eigenvalue weighted by atomic mass is 15.0. The van der Waals surface area contributed by atoms with Gasteiger partial charge in [-0.2, -0.15) is 0 Å². The first-order chi connectivity index (χ1) is 25.8. The van der Waals surface area contributed by atoms with Crippen LogP contribution < -0.4 is 16.2 Å². The number of hydrogen-bond acceptors (Lipinski definition) is 1. The molecule has 0 atom stereocenters. The van der Waals surface area contributed by atoms with E-state index < -0.39 is 0 Å². The van der Waals surface area contributed by atoms with Gasteiger partial charge in [-0.15, -0.1) is 0 Å². The molecule has 0 amide bonds. The summed E-state index contributed by atoms with van der Waals surface area (Å²) >= 11 is 0. The third-order valence-corrected chi connectivity index (χ3v) is 11.6. The molecule has 0 fully saturated rings. The van der Waals surface area contributed by atoms with Gasteiger partial charge in [0, 0.05) is 38.9 Å². The van der Waals surface area contributed by atoms with Crippen LogP contribution in [0.1, 0.15) is 105 Å². The molecule has 0 bridgehead atoms. The molecule has 0 spiro atoms. The minimum Gasteiger partial charge on any atom is -0.355 e. The van der Waals surface area contributed by atoms with Gasteiger partial charge in [-0.05, 0) is 121 Å². The van der Waals surface area contributed by atoms with E-state index in [1.807, 2.05) is 0 Å². The molecule has 0 unspecified atom stereocenters. The van der Waals surface area contributed by atoms with Crippen molar-refractivity contribution in [2.45, 2.75) is 105 Å². The Morgan fingerprint density at radius 3 is 1.69 bits per heavy atom. The maximum Gasteiger partial charge on any atom is 0.197 e. The Labute approximate surface area is 330 Å². The molecule has 0 aliphatic carbocycles. The molecule has 6 aromatic carbocycles. The molecular weight excluding hydrogens is 663 g/mol. The highest BCUT2D eigenvalue weighted by molar-refractivity contribution is 6.73. The van der Waals surface area contributed by atoms with Crippen LogP contribution >= 0.6 is 0 Å². The van der Waals surface area contributed by atoms with Crippen LogP contribution in [0.4, 0.5) is 11.4 Å². The van der Waals surface area contributed by atoms with Crippen LogP contribution in [0.3, 0.4) is 0 Å². The van der Waals surface area contributed by atoms with Gasteiger partial charge in [0.05, 0.1) is 5.52 Å².